The zero-order valence-electron chi connectivity index (χ0n) is 8.77. The lowest BCUT2D eigenvalue weighted by Crippen LogP contribution is -2.25. The minimum atomic E-state index is -0.133. The van der Waals surface area contributed by atoms with Gasteiger partial charge in [-0.3, -0.25) is 4.79 Å². The van der Waals surface area contributed by atoms with E-state index in [0.717, 1.165) is 10.9 Å². The lowest BCUT2D eigenvalue weighted by molar-refractivity contribution is 0.0953. The van der Waals surface area contributed by atoms with Crippen LogP contribution < -0.4 is 5.32 Å². The first-order valence-corrected chi connectivity index (χ1v) is 6.48. The molecule has 0 bridgehead atoms. The van der Waals surface area contributed by atoms with Crippen LogP contribution in [0.2, 0.25) is 5.02 Å². The van der Waals surface area contributed by atoms with Crippen LogP contribution in [0.4, 0.5) is 0 Å². The minimum absolute atomic E-state index is 0.0637. The lowest BCUT2D eigenvalue weighted by atomic mass is 10.2. The Morgan fingerprint density at radius 2 is 2.25 bits per heavy atom. The maximum Gasteiger partial charge on any atom is 0.251 e. The van der Waals surface area contributed by atoms with E-state index in [0.29, 0.717) is 17.1 Å². The summed E-state index contributed by atoms with van der Waals surface area (Å²) in [6.07, 6.45) is 0.748. The summed E-state index contributed by atoms with van der Waals surface area (Å²) in [5.74, 6) is -0.133. The van der Waals surface area contributed by atoms with Gasteiger partial charge in [0.2, 0.25) is 0 Å². The largest absolute Gasteiger partial charge is 0.352 e. The Morgan fingerprint density at radius 3 is 2.81 bits per heavy atom. The van der Waals surface area contributed by atoms with Crippen LogP contribution in [0.25, 0.3) is 0 Å². The molecule has 1 N–H and O–H groups in total. The normalized spacial score (nSPS) is 12.2. The van der Waals surface area contributed by atoms with Crippen LogP contribution in [0.5, 0.6) is 0 Å². The summed E-state index contributed by atoms with van der Waals surface area (Å²) in [6, 6.07) is 5.10. The van der Waals surface area contributed by atoms with Crippen LogP contribution in [0, 0.1) is 0 Å². The smallest absolute Gasteiger partial charge is 0.251 e. The van der Waals surface area contributed by atoms with E-state index in [1.165, 1.54) is 0 Å². The molecule has 16 heavy (non-hydrogen) atoms. The van der Waals surface area contributed by atoms with Crippen LogP contribution in [0.3, 0.4) is 0 Å². The SMILES string of the molecule is CC(Cl)CCNC(=O)c1ccc(Br)c(Cl)c1. The van der Waals surface area contributed by atoms with E-state index in [2.05, 4.69) is 21.2 Å². The number of amides is 1. The van der Waals surface area contributed by atoms with Gasteiger partial charge >= 0.3 is 0 Å². The van der Waals surface area contributed by atoms with Crippen LogP contribution in [0.1, 0.15) is 23.7 Å². The maximum atomic E-state index is 11.7. The highest BCUT2D eigenvalue weighted by molar-refractivity contribution is 9.10. The van der Waals surface area contributed by atoms with Gasteiger partial charge in [-0.1, -0.05) is 11.6 Å². The standard InChI is InChI=1S/C11H12BrCl2NO/c1-7(13)4-5-15-11(16)8-2-3-9(12)10(14)6-8/h2-3,6-7H,4-5H2,1H3,(H,15,16). The lowest BCUT2D eigenvalue weighted by Gasteiger charge is -2.06. The molecular weight excluding hydrogens is 313 g/mol. The van der Waals surface area contributed by atoms with Gasteiger partial charge in [0.25, 0.3) is 5.91 Å². The monoisotopic (exact) mass is 323 g/mol. The van der Waals surface area contributed by atoms with E-state index in [1.807, 2.05) is 6.92 Å². The second-order valence-electron chi connectivity index (χ2n) is 3.45. The molecule has 1 rings (SSSR count). The van der Waals surface area contributed by atoms with E-state index in [4.69, 9.17) is 23.2 Å². The molecule has 1 aromatic carbocycles. The van der Waals surface area contributed by atoms with Crippen molar-refractivity contribution in [2.75, 3.05) is 6.54 Å². The van der Waals surface area contributed by atoms with Crippen LogP contribution in [-0.4, -0.2) is 17.8 Å². The third kappa shape index (κ3) is 4.32. The first-order valence-electron chi connectivity index (χ1n) is 4.88. The van der Waals surface area contributed by atoms with E-state index in [1.54, 1.807) is 18.2 Å². The molecule has 0 aliphatic rings. The Balaban J connectivity index is 2.56. The first-order chi connectivity index (χ1) is 7.50. The number of benzene rings is 1. The van der Waals surface area contributed by atoms with E-state index >= 15 is 0 Å². The second-order valence-corrected chi connectivity index (χ2v) is 5.46. The molecule has 0 aliphatic heterocycles. The highest BCUT2D eigenvalue weighted by atomic mass is 79.9. The summed E-state index contributed by atoms with van der Waals surface area (Å²) in [5.41, 5.74) is 0.551. The third-order valence-electron chi connectivity index (χ3n) is 2.01. The number of nitrogens with one attached hydrogen (secondary N) is 1. The van der Waals surface area contributed by atoms with Gasteiger partial charge in [0, 0.05) is 22.0 Å². The van der Waals surface area contributed by atoms with E-state index < -0.39 is 0 Å². The molecule has 2 nitrogen and oxygen atoms in total. The third-order valence-corrected chi connectivity index (χ3v) is 3.46. The fourth-order valence-electron chi connectivity index (χ4n) is 1.12. The first kappa shape index (κ1) is 13.8. The summed E-state index contributed by atoms with van der Waals surface area (Å²) in [5, 5.41) is 3.37. The van der Waals surface area contributed by atoms with Gasteiger partial charge in [0.1, 0.15) is 0 Å². The number of carbonyl (C=O) groups excluding carboxylic acids is 1. The molecule has 0 spiro atoms. The van der Waals surface area contributed by atoms with Crippen molar-refractivity contribution in [1.29, 1.82) is 0 Å². The maximum absolute atomic E-state index is 11.7. The van der Waals surface area contributed by atoms with Gasteiger partial charge in [-0.05, 0) is 47.5 Å². The topological polar surface area (TPSA) is 29.1 Å². The number of halogens is 3. The molecule has 1 aromatic rings. The number of alkyl halides is 1. The van der Waals surface area contributed by atoms with Crippen molar-refractivity contribution in [3.05, 3.63) is 33.3 Å². The van der Waals surface area contributed by atoms with Crippen molar-refractivity contribution < 1.29 is 4.79 Å². The number of hydrogen-bond acceptors (Lipinski definition) is 1. The summed E-state index contributed by atoms with van der Waals surface area (Å²) < 4.78 is 0.778. The molecule has 1 amide bonds. The number of rotatable bonds is 4. The Kier molecular flexibility index (Phi) is 5.59. The van der Waals surface area contributed by atoms with Gasteiger partial charge in [0.05, 0.1) is 5.02 Å². The quantitative estimate of drug-likeness (QED) is 0.837. The molecule has 1 atom stereocenters. The van der Waals surface area contributed by atoms with Gasteiger partial charge in [-0.25, -0.2) is 0 Å². The molecule has 0 aliphatic carbocycles. The summed E-state index contributed by atoms with van der Waals surface area (Å²) >= 11 is 14.9. The fraction of sp³-hybridized carbons (Fsp3) is 0.364. The molecule has 5 heteroatoms. The number of hydrogen-bond donors (Lipinski definition) is 1. The predicted octanol–water partition coefficient (Wildman–Crippen LogP) is 3.85. The summed E-state index contributed by atoms with van der Waals surface area (Å²) in [6.45, 7) is 2.46. The molecule has 0 saturated carbocycles. The van der Waals surface area contributed by atoms with Crippen molar-refractivity contribution in [3.8, 4) is 0 Å². The molecule has 0 aromatic heterocycles. The summed E-state index contributed by atoms with van der Waals surface area (Å²) in [4.78, 5) is 11.7. The average molecular weight is 325 g/mol. The molecule has 1 unspecified atom stereocenters. The van der Waals surface area contributed by atoms with Crippen molar-refractivity contribution in [2.24, 2.45) is 0 Å². The number of carbonyl (C=O) groups is 1. The summed E-state index contributed by atoms with van der Waals surface area (Å²) in [7, 11) is 0. The van der Waals surface area contributed by atoms with Crippen LogP contribution >= 0.6 is 39.1 Å². The van der Waals surface area contributed by atoms with E-state index in [9.17, 15) is 4.79 Å². The van der Waals surface area contributed by atoms with Gasteiger partial charge in [0.15, 0.2) is 0 Å². The Labute approximate surface area is 113 Å². The van der Waals surface area contributed by atoms with Gasteiger partial charge in [-0.15, -0.1) is 11.6 Å². The Morgan fingerprint density at radius 1 is 1.56 bits per heavy atom. The Hall–Kier alpha value is -0.250. The fourth-order valence-corrected chi connectivity index (χ4v) is 1.66. The van der Waals surface area contributed by atoms with Crippen molar-refractivity contribution in [1.82, 2.24) is 5.32 Å². The molecule has 0 heterocycles. The van der Waals surface area contributed by atoms with Gasteiger partial charge in [-0.2, -0.15) is 0 Å². The second kappa shape index (κ2) is 6.48. The van der Waals surface area contributed by atoms with Crippen molar-refractivity contribution in [2.45, 2.75) is 18.7 Å². The van der Waals surface area contributed by atoms with Crippen molar-refractivity contribution >= 4 is 45.0 Å². The molecular formula is C11H12BrCl2NO. The molecule has 0 radical (unpaired) electrons. The van der Waals surface area contributed by atoms with Crippen molar-refractivity contribution in [3.63, 3.8) is 0 Å². The molecule has 88 valence electrons. The van der Waals surface area contributed by atoms with Gasteiger partial charge < -0.3 is 5.32 Å². The molecule has 0 fully saturated rings. The highest BCUT2D eigenvalue weighted by Crippen LogP contribution is 2.23. The average Bonchev–Trinajstić information content (AvgIpc) is 2.21. The minimum Gasteiger partial charge on any atom is -0.352 e. The predicted molar refractivity (Wildman–Crippen MR) is 71.4 cm³/mol. The zero-order valence-corrected chi connectivity index (χ0v) is 11.9. The molecule has 0 saturated heterocycles. The Bertz CT molecular complexity index is 382. The van der Waals surface area contributed by atoms with Crippen LogP contribution in [0.15, 0.2) is 22.7 Å². The van der Waals surface area contributed by atoms with Crippen LogP contribution in [-0.2, 0) is 0 Å². The van der Waals surface area contributed by atoms with E-state index in [-0.39, 0.29) is 11.3 Å². The zero-order chi connectivity index (χ0) is 12.1. The highest BCUT2D eigenvalue weighted by Gasteiger charge is 2.07.